The summed E-state index contributed by atoms with van der Waals surface area (Å²) in [6.45, 7) is -0.669. The van der Waals surface area contributed by atoms with E-state index in [1.807, 2.05) is 0 Å². The molecular formula is C18H14F3N3O7S. The maximum Gasteiger partial charge on any atom is 0.503 e. The van der Waals surface area contributed by atoms with Gasteiger partial charge in [0.05, 0.1) is 10.5 Å². The minimum absolute atomic E-state index is 0.153. The zero-order chi connectivity index (χ0) is 23.7. The van der Waals surface area contributed by atoms with E-state index in [1.165, 1.54) is 23.1 Å². The van der Waals surface area contributed by atoms with E-state index in [0.717, 1.165) is 18.3 Å². The molecule has 0 bridgehead atoms. The standard InChI is InChI=1S/C18H14F3N3O7S/c19-18(20,21)32(29,30)16-13(4-1-7-22-16)17(26)31-10-15(25)23-8-2-3-11-9-12(24(27)28)5-6-14(11)23/h1,4-7,9H,2-3,8,10H2. The first-order valence-corrected chi connectivity index (χ1v) is 10.4. The number of non-ortho nitro benzene ring substituents is 1. The van der Waals surface area contributed by atoms with Gasteiger partial charge in [0.15, 0.2) is 11.6 Å². The summed E-state index contributed by atoms with van der Waals surface area (Å²) in [6.07, 6.45) is 1.73. The van der Waals surface area contributed by atoms with Crippen molar-refractivity contribution in [2.75, 3.05) is 18.1 Å². The van der Waals surface area contributed by atoms with Crippen LogP contribution in [0.2, 0.25) is 0 Å². The number of anilines is 1. The summed E-state index contributed by atoms with van der Waals surface area (Å²) in [5.41, 5.74) is -5.89. The zero-order valence-electron chi connectivity index (χ0n) is 16.0. The maximum atomic E-state index is 12.9. The normalized spacial score (nSPS) is 13.9. The smallest absolute Gasteiger partial charge is 0.452 e. The van der Waals surface area contributed by atoms with Gasteiger partial charge in [-0.25, -0.2) is 18.2 Å². The molecule has 0 spiro atoms. The van der Waals surface area contributed by atoms with E-state index in [0.29, 0.717) is 24.1 Å². The Morgan fingerprint density at radius 2 is 1.97 bits per heavy atom. The van der Waals surface area contributed by atoms with Crippen LogP contribution in [-0.2, 0) is 25.8 Å². The molecule has 2 heterocycles. The minimum Gasteiger partial charge on any atom is -0.452 e. The van der Waals surface area contributed by atoms with E-state index in [-0.39, 0.29) is 12.2 Å². The number of nitro benzene ring substituents is 1. The first-order chi connectivity index (χ1) is 14.9. The lowest BCUT2D eigenvalue weighted by Gasteiger charge is -2.29. The SMILES string of the molecule is O=C(OCC(=O)N1CCCc2cc([N+](=O)[O-])ccc21)c1cccnc1S(=O)(=O)C(F)(F)F. The summed E-state index contributed by atoms with van der Waals surface area (Å²) in [7, 11) is -5.92. The van der Waals surface area contributed by atoms with Gasteiger partial charge in [0.2, 0.25) is 0 Å². The van der Waals surface area contributed by atoms with Gasteiger partial charge in [0.1, 0.15) is 0 Å². The van der Waals surface area contributed by atoms with Crippen molar-refractivity contribution in [2.45, 2.75) is 23.4 Å². The summed E-state index contributed by atoms with van der Waals surface area (Å²) in [5.74, 6) is -2.22. The van der Waals surface area contributed by atoms with Gasteiger partial charge in [-0.15, -0.1) is 0 Å². The molecule has 0 unspecified atom stereocenters. The van der Waals surface area contributed by atoms with Gasteiger partial charge in [-0.2, -0.15) is 13.2 Å². The second-order valence-electron chi connectivity index (χ2n) is 6.60. The minimum atomic E-state index is -5.92. The molecule has 0 radical (unpaired) electrons. The molecule has 10 nitrogen and oxygen atoms in total. The molecular weight excluding hydrogens is 459 g/mol. The van der Waals surface area contributed by atoms with Crippen LogP contribution < -0.4 is 4.90 Å². The Bertz CT molecular complexity index is 1200. The van der Waals surface area contributed by atoms with Crippen LogP contribution in [0.4, 0.5) is 24.5 Å². The topological polar surface area (TPSA) is 137 Å². The van der Waals surface area contributed by atoms with Crippen LogP contribution in [0, 0.1) is 10.1 Å². The lowest BCUT2D eigenvalue weighted by Crippen LogP contribution is -2.38. The zero-order valence-corrected chi connectivity index (χ0v) is 16.9. The van der Waals surface area contributed by atoms with Gasteiger partial charge < -0.3 is 9.64 Å². The Labute approximate surface area is 178 Å². The number of alkyl halides is 3. The van der Waals surface area contributed by atoms with Crippen LogP contribution in [0.15, 0.2) is 41.6 Å². The van der Waals surface area contributed by atoms with E-state index in [1.54, 1.807) is 0 Å². The van der Waals surface area contributed by atoms with Gasteiger partial charge in [0.25, 0.3) is 21.4 Å². The number of carbonyl (C=O) groups excluding carboxylic acids is 2. The molecule has 0 N–H and O–H groups in total. The number of hydrogen-bond donors (Lipinski definition) is 0. The molecule has 0 aliphatic carbocycles. The van der Waals surface area contributed by atoms with Crippen LogP contribution in [0.1, 0.15) is 22.3 Å². The third-order valence-corrected chi connectivity index (χ3v) is 6.01. The highest BCUT2D eigenvalue weighted by Gasteiger charge is 2.49. The van der Waals surface area contributed by atoms with Gasteiger partial charge in [-0.3, -0.25) is 14.9 Å². The lowest BCUT2D eigenvalue weighted by atomic mass is 10.0. The molecule has 1 aromatic carbocycles. The lowest BCUT2D eigenvalue weighted by molar-refractivity contribution is -0.384. The summed E-state index contributed by atoms with van der Waals surface area (Å²) >= 11 is 0. The highest BCUT2D eigenvalue weighted by Crippen LogP contribution is 2.32. The number of nitrogens with zero attached hydrogens (tertiary/aromatic N) is 3. The number of halogens is 3. The quantitative estimate of drug-likeness (QED) is 0.367. The van der Waals surface area contributed by atoms with Crippen molar-refractivity contribution in [3.63, 3.8) is 0 Å². The fourth-order valence-corrected chi connectivity index (χ4v) is 3.97. The fraction of sp³-hybridized carbons (Fsp3) is 0.278. The highest BCUT2D eigenvalue weighted by atomic mass is 32.2. The predicted molar refractivity (Wildman–Crippen MR) is 102 cm³/mol. The Morgan fingerprint density at radius 1 is 1.25 bits per heavy atom. The third-order valence-electron chi connectivity index (χ3n) is 4.57. The average Bonchev–Trinajstić information content (AvgIpc) is 2.75. The molecule has 0 atom stereocenters. The number of aromatic nitrogens is 1. The predicted octanol–water partition coefficient (Wildman–Crippen LogP) is 2.42. The number of esters is 1. The molecule has 0 saturated heterocycles. The van der Waals surface area contributed by atoms with Crippen LogP contribution in [0.5, 0.6) is 0 Å². The van der Waals surface area contributed by atoms with Crippen molar-refractivity contribution in [3.05, 3.63) is 57.8 Å². The summed E-state index contributed by atoms with van der Waals surface area (Å²) in [4.78, 5) is 39.5. The Hall–Kier alpha value is -3.55. The number of nitro groups is 1. The largest absolute Gasteiger partial charge is 0.503 e. The first-order valence-electron chi connectivity index (χ1n) is 8.94. The number of sulfone groups is 1. The van der Waals surface area contributed by atoms with E-state index in [4.69, 9.17) is 4.74 Å². The summed E-state index contributed by atoms with van der Waals surface area (Å²) in [5, 5.41) is 9.40. The maximum absolute atomic E-state index is 12.9. The fourth-order valence-electron chi connectivity index (χ4n) is 3.11. The number of benzene rings is 1. The number of amides is 1. The Kier molecular flexibility index (Phi) is 6.16. The second kappa shape index (κ2) is 8.53. The number of carbonyl (C=O) groups is 2. The van der Waals surface area contributed by atoms with Gasteiger partial charge in [0, 0.05) is 30.6 Å². The molecule has 32 heavy (non-hydrogen) atoms. The molecule has 14 heteroatoms. The van der Waals surface area contributed by atoms with E-state index in [9.17, 15) is 41.3 Å². The van der Waals surface area contributed by atoms with Crippen molar-refractivity contribution in [1.82, 2.24) is 4.98 Å². The van der Waals surface area contributed by atoms with Crippen LogP contribution >= 0.6 is 0 Å². The third kappa shape index (κ3) is 4.39. The molecule has 2 aromatic rings. The summed E-state index contributed by atoms with van der Waals surface area (Å²) in [6, 6.07) is 5.74. The van der Waals surface area contributed by atoms with Crippen LogP contribution in [0.25, 0.3) is 0 Å². The average molecular weight is 473 g/mol. The van der Waals surface area contributed by atoms with Gasteiger partial charge >= 0.3 is 11.5 Å². The molecule has 1 amide bonds. The number of pyridine rings is 1. The number of fused-ring (bicyclic) bond motifs is 1. The summed E-state index contributed by atoms with van der Waals surface area (Å²) < 4.78 is 66.6. The number of ether oxygens (including phenoxy) is 1. The Morgan fingerprint density at radius 3 is 2.62 bits per heavy atom. The number of hydrogen-bond acceptors (Lipinski definition) is 8. The molecule has 1 aliphatic heterocycles. The molecule has 170 valence electrons. The van der Waals surface area contributed by atoms with Crippen molar-refractivity contribution in [2.24, 2.45) is 0 Å². The second-order valence-corrected chi connectivity index (χ2v) is 8.46. The van der Waals surface area contributed by atoms with Gasteiger partial charge in [-0.1, -0.05) is 0 Å². The van der Waals surface area contributed by atoms with Crippen molar-refractivity contribution in [1.29, 1.82) is 0 Å². The molecule has 0 fully saturated rings. The Balaban J connectivity index is 1.78. The molecule has 3 rings (SSSR count). The molecule has 1 aliphatic rings. The van der Waals surface area contributed by atoms with E-state index < -0.39 is 49.3 Å². The van der Waals surface area contributed by atoms with Crippen LogP contribution in [0.3, 0.4) is 0 Å². The monoisotopic (exact) mass is 473 g/mol. The number of aryl methyl sites for hydroxylation is 1. The number of rotatable bonds is 5. The van der Waals surface area contributed by atoms with Crippen molar-refractivity contribution in [3.8, 4) is 0 Å². The highest BCUT2D eigenvalue weighted by molar-refractivity contribution is 7.92. The van der Waals surface area contributed by atoms with Crippen LogP contribution in [-0.4, -0.2) is 48.9 Å². The van der Waals surface area contributed by atoms with Crippen molar-refractivity contribution >= 4 is 33.1 Å². The van der Waals surface area contributed by atoms with E-state index >= 15 is 0 Å². The first kappa shape index (κ1) is 23.1. The molecule has 0 saturated carbocycles. The van der Waals surface area contributed by atoms with E-state index in [2.05, 4.69) is 4.98 Å². The van der Waals surface area contributed by atoms with Gasteiger partial charge in [-0.05, 0) is 36.6 Å². The van der Waals surface area contributed by atoms with Crippen molar-refractivity contribution < 1.29 is 40.8 Å². The molecule has 1 aromatic heterocycles.